The Hall–Kier alpha value is -3.78. The monoisotopic (exact) mass is 543 g/mol. The second kappa shape index (κ2) is 12.6. The van der Waals surface area contributed by atoms with E-state index in [2.05, 4.69) is 17.0 Å². The summed E-state index contributed by atoms with van der Waals surface area (Å²) in [6.45, 7) is 2.92. The molecule has 7 nitrogen and oxygen atoms in total. The van der Waals surface area contributed by atoms with Crippen LogP contribution in [0.3, 0.4) is 0 Å². The predicted octanol–water partition coefficient (Wildman–Crippen LogP) is 5.77. The van der Waals surface area contributed by atoms with Gasteiger partial charge in [0.05, 0.1) is 34.0 Å². The molecular formula is C33H37NO6. The topological polar surface area (TPSA) is 73.5 Å². The van der Waals surface area contributed by atoms with Gasteiger partial charge in [0.2, 0.25) is 0 Å². The third-order valence-corrected chi connectivity index (χ3v) is 7.46. The van der Waals surface area contributed by atoms with Gasteiger partial charge in [-0.25, -0.2) is 0 Å². The molecule has 0 spiro atoms. The Bertz CT molecular complexity index is 1290. The first kappa shape index (κ1) is 27.8. The highest BCUT2D eigenvalue weighted by atomic mass is 16.5. The molecule has 1 saturated heterocycles. The number of aliphatic hydroxyl groups is 1. The summed E-state index contributed by atoms with van der Waals surface area (Å²) in [4.78, 5) is 2.33. The summed E-state index contributed by atoms with van der Waals surface area (Å²) in [5, 5.41) is 12.3. The summed E-state index contributed by atoms with van der Waals surface area (Å²) in [7, 11) is 4.92. The first-order chi connectivity index (χ1) is 19.5. The van der Waals surface area contributed by atoms with Crippen LogP contribution < -0.4 is 14.2 Å². The van der Waals surface area contributed by atoms with Crippen LogP contribution in [0.2, 0.25) is 0 Å². The molecule has 1 aliphatic rings. The lowest BCUT2D eigenvalue weighted by atomic mass is 9.84. The van der Waals surface area contributed by atoms with E-state index in [0.29, 0.717) is 34.9 Å². The van der Waals surface area contributed by atoms with Crippen LogP contribution in [0.4, 0.5) is 0 Å². The molecule has 1 atom stereocenters. The van der Waals surface area contributed by atoms with Crippen molar-refractivity contribution in [1.82, 2.24) is 4.90 Å². The van der Waals surface area contributed by atoms with Crippen LogP contribution in [0.1, 0.15) is 41.1 Å². The van der Waals surface area contributed by atoms with Gasteiger partial charge >= 0.3 is 0 Å². The van der Waals surface area contributed by atoms with E-state index < -0.39 is 5.60 Å². The lowest BCUT2D eigenvalue weighted by Gasteiger charge is -2.28. The van der Waals surface area contributed by atoms with Crippen LogP contribution in [-0.2, 0) is 23.4 Å². The van der Waals surface area contributed by atoms with Crippen LogP contribution in [0, 0.1) is 0 Å². The van der Waals surface area contributed by atoms with E-state index in [9.17, 15) is 5.11 Å². The van der Waals surface area contributed by atoms with Crippen LogP contribution in [0.5, 0.6) is 17.2 Å². The lowest BCUT2D eigenvalue weighted by molar-refractivity contribution is 0.0630. The van der Waals surface area contributed by atoms with Crippen molar-refractivity contribution in [3.63, 3.8) is 0 Å². The molecule has 0 unspecified atom stereocenters. The maximum atomic E-state index is 12.3. The number of benzene rings is 3. The number of ether oxygens (including phenoxy) is 4. The molecule has 0 aliphatic carbocycles. The van der Waals surface area contributed by atoms with Crippen molar-refractivity contribution in [1.29, 1.82) is 0 Å². The Morgan fingerprint density at radius 2 is 1.30 bits per heavy atom. The zero-order chi connectivity index (χ0) is 28.0. The van der Waals surface area contributed by atoms with Crippen molar-refractivity contribution >= 4 is 0 Å². The molecule has 0 bridgehead atoms. The number of rotatable bonds is 12. The van der Waals surface area contributed by atoms with Crippen molar-refractivity contribution in [2.75, 3.05) is 34.5 Å². The number of methoxy groups -OCH3 is 3. The first-order valence-electron chi connectivity index (χ1n) is 13.6. The summed E-state index contributed by atoms with van der Waals surface area (Å²) in [6.07, 6.45) is 2.34. The quantitative estimate of drug-likeness (QED) is 0.243. The van der Waals surface area contributed by atoms with Crippen LogP contribution in [0.25, 0.3) is 0 Å². The van der Waals surface area contributed by atoms with Crippen molar-refractivity contribution in [3.05, 3.63) is 113 Å². The molecule has 0 radical (unpaired) electrons. The number of nitrogens with zero attached hydrogens (tertiary/aromatic N) is 1. The van der Waals surface area contributed by atoms with Crippen LogP contribution in [-0.4, -0.2) is 50.6 Å². The Morgan fingerprint density at radius 1 is 0.750 bits per heavy atom. The van der Waals surface area contributed by atoms with Gasteiger partial charge in [0.1, 0.15) is 28.8 Å². The van der Waals surface area contributed by atoms with Gasteiger partial charge in [-0.15, -0.1) is 0 Å². The zero-order valence-electron chi connectivity index (χ0n) is 23.3. The number of hydrogen-bond acceptors (Lipinski definition) is 7. The third kappa shape index (κ3) is 6.17. The highest BCUT2D eigenvalue weighted by Gasteiger charge is 2.37. The van der Waals surface area contributed by atoms with Crippen molar-refractivity contribution in [3.8, 4) is 17.2 Å². The Morgan fingerprint density at radius 3 is 1.80 bits per heavy atom. The smallest absolute Gasteiger partial charge is 0.173 e. The molecular weight excluding hydrogens is 506 g/mol. The van der Waals surface area contributed by atoms with E-state index in [1.165, 1.54) is 5.56 Å². The molecule has 4 aromatic rings. The zero-order valence-corrected chi connectivity index (χ0v) is 23.3. The minimum Gasteiger partial charge on any atom is -0.497 e. The fraction of sp³-hybridized carbons (Fsp3) is 0.333. The van der Waals surface area contributed by atoms with Gasteiger partial charge in [0, 0.05) is 19.7 Å². The van der Waals surface area contributed by atoms with Gasteiger partial charge in [0.15, 0.2) is 5.60 Å². The maximum absolute atomic E-state index is 12.3. The van der Waals surface area contributed by atoms with E-state index in [4.69, 9.17) is 23.4 Å². The molecule has 1 N–H and O–H groups in total. The Labute approximate surface area is 235 Å². The highest BCUT2D eigenvalue weighted by molar-refractivity contribution is 5.46. The molecule has 210 valence electrons. The molecule has 3 aromatic carbocycles. The molecule has 5 rings (SSSR count). The van der Waals surface area contributed by atoms with Gasteiger partial charge in [-0.1, -0.05) is 36.4 Å². The van der Waals surface area contributed by atoms with Gasteiger partial charge in [-0.3, -0.25) is 4.90 Å². The summed E-state index contributed by atoms with van der Waals surface area (Å²) < 4.78 is 28.4. The summed E-state index contributed by atoms with van der Waals surface area (Å²) in [5.41, 5.74) is 1.02. The average molecular weight is 544 g/mol. The van der Waals surface area contributed by atoms with Crippen molar-refractivity contribution in [2.24, 2.45) is 0 Å². The molecule has 0 saturated carbocycles. The average Bonchev–Trinajstić information content (AvgIpc) is 3.70. The molecule has 1 fully saturated rings. The highest BCUT2D eigenvalue weighted by Crippen LogP contribution is 2.39. The predicted molar refractivity (Wildman–Crippen MR) is 153 cm³/mol. The molecule has 7 heteroatoms. The second-order valence-corrected chi connectivity index (χ2v) is 10.1. The van der Waals surface area contributed by atoms with Crippen molar-refractivity contribution in [2.45, 2.75) is 37.6 Å². The summed E-state index contributed by atoms with van der Waals surface area (Å²) in [6, 6.07) is 26.7. The third-order valence-electron chi connectivity index (χ3n) is 7.46. The molecule has 40 heavy (non-hydrogen) atoms. The fourth-order valence-electron chi connectivity index (χ4n) is 5.24. The fourth-order valence-corrected chi connectivity index (χ4v) is 5.24. The molecule has 1 aromatic heterocycles. The standard InChI is InChI=1S/C33H37NO6/c1-36-27-12-6-24(7-13-27)21-34(22-30-5-4-20-39-30)23-31-18-19-32(40-31)33(35,25-8-14-28(37-2)15-9-25)26-10-16-29(38-3)17-11-26/h6-19,30,35H,4-5,20-23H2,1-3H3/t30-/m0/s1. The number of hydrogen-bond donors (Lipinski definition) is 1. The maximum Gasteiger partial charge on any atom is 0.173 e. The van der Waals surface area contributed by atoms with Gasteiger partial charge < -0.3 is 28.5 Å². The van der Waals surface area contributed by atoms with E-state index in [1.807, 2.05) is 72.8 Å². The van der Waals surface area contributed by atoms with Crippen LogP contribution in [0.15, 0.2) is 89.3 Å². The summed E-state index contributed by atoms with van der Waals surface area (Å²) in [5.74, 6) is 3.47. The normalized spacial score (nSPS) is 15.4. The van der Waals surface area contributed by atoms with E-state index in [-0.39, 0.29) is 6.10 Å². The number of furan rings is 1. The SMILES string of the molecule is COc1ccc(CN(Cc2ccc(C(O)(c3ccc(OC)cc3)c3ccc(OC)cc3)o2)C[C@@H]2CCCO2)cc1. The first-order valence-corrected chi connectivity index (χ1v) is 13.6. The second-order valence-electron chi connectivity index (χ2n) is 10.1. The molecule has 1 aliphatic heterocycles. The Kier molecular flexibility index (Phi) is 8.75. The minimum atomic E-state index is -1.51. The summed E-state index contributed by atoms with van der Waals surface area (Å²) >= 11 is 0. The van der Waals surface area contributed by atoms with E-state index >= 15 is 0 Å². The van der Waals surface area contributed by atoms with Gasteiger partial charge in [0.25, 0.3) is 0 Å². The lowest BCUT2D eigenvalue weighted by Crippen LogP contribution is -2.31. The van der Waals surface area contributed by atoms with E-state index in [1.54, 1.807) is 21.3 Å². The van der Waals surface area contributed by atoms with Gasteiger partial charge in [-0.2, -0.15) is 0 Å². The van der Waals surface area contributed by atoms with Gasteiger partial charge in [-0.05, 0) is 78.1 Å². The molecule has 0 amide bonds. The minimum absolute atomic E-state index is 0.197. The molecule has 2 heterocycles. The largest absolute Gasteiger partial charge is 0.497 e. The van der Waals surface area contributed by atoms with E-state index in [0.717, 1.165) is 44.0 Å². The van der Waals surface area contributed by atoms with Crippen LogP contribution >= 0.6 is 0 Å². The Balaban J connectivity index is 1.44. The van der Waals surface area contributed by atoms with Crippen molar-refractivity contribution < 1.29 is 28.5 Å².